The lowest BCUT2D eigenvalue weighted by Crippen LogP contribution is -2.25. The number of hydrogen-bond donors (Lipinski definition) is 1. The van der Waals surface area contributed by atoms with Crippen molar-refractivity contribution in [1.82, 2.24) is 29.9 Å². The molecule has 1 aliphatic heterocycles. The highest BCUT2D eigenvalue weighted by Crippen LogP contribution is 2.15. The minimum absolute atomic E-state index is 0.108. The van der Waals surface area contributed by atoms with Crippen LogP contribution in [-0.4, -0.2) is 30.5 Å². The minimum atomic E-state index is -0.108. The van der Waals surface area contributed by atoms with Crippen LogP contribution in [0.15, 0.2) is 0 Å². The molecule has 0 aliphatic carbocycles. The van der Waals surface area contributed by atoms with Crippen molar-refractivity contribution in [3.63, 3.8) is 0 Å². The fourth-order valence-corrected chi connectivity index (χ4v) is 2.69. The molecule has 2 aromatic rings. The highest BCUT2D eigenvalue weighted by molar-refractivity contribution is 5.96. The molecule has 1 N–H and O–H groups in total. The molecule has 0 radical (unpaired) electrons. The van der Waals surface area contributed by atoms with Crippen LogP contribution in [0.3, 0.4) is 0 Å². The first kappa shape index (κ1) is 12.8. The molecule has 1 aliphatic rings. The lowest BCUT2D eigenvalue weighted by Gasteiger charge is -2.06. The number of aromatic nitrogens is 5. The summed E-state index contributed by atoms with van der Waals surface area (Å²) < 4.78 is 3.81. The number of hydrogen-bond acceptors (Lipinski definition) is 4. The van der Waals surface area contributed by atoms with E-state index in [4.69, 9.17) is 0 Å². The summed E-state index contributed by atoms with van der Waals surface area (Å²) in [6, 6.07) is 0. The summed E-state index contributed by atoms with van der Waals surface area (Å²) >= 11 is 0. The van der Waals surface area contributed by atoms with Crippen molar-refractivity contribution in [2.75, 3.05) is 0 Å². The largest absolute Gasteiger partial charge is 0.345 e. The Bertz CT molecular complexity index is 669. The maximum atomic E-state index is 12.3. The second-order valence-corrected chi connectivity index (χ2v) is 5.14. The average molecular weight is 274 g/mol. The maximum absolute atomic E-state index is 12.3. The van der Waals surface area contributed by atoms with Crippen molar-refractivity contribution in [2.24, 2.45) is 7.05 Å². The van der Waals surface area contributed by atoms with Crippen LogP contribution in [0.1, 0.15) is 39.8 Å². The topological polar surface area (TPSA) is 77.6 Å². The highest BCUT2D eigenvalue weighted by atomic mass is 16.1. The molecule has 106 valence electrons. The van der Waals surface area contributed by atoms with Crippen molar-refractivity contribution in [3.8, 4) is 0 Å². The van der Waals surface area contributed by atoms with Crippen LogP contribution in [0.25, 0.3) is 0 Å². The normalized spacial score (nSPS) is 13.6. The molecular formula is C13H18N6O. The van der Waals surface area contributed by atoms with Gasteiger partial charge in [-0.15, -0.1) is 10.2 Å². The summed E-state index contributed by atoms with van der Waals surface area (Å²) in [6.45, 7) is 5.08. The van der Waals surface area contributed by atoms with Crippen molar-refractivity contribution in [2.45, 2.75) is 39.8 Å². The molecule has 0 unspecified atom stereocenters. The van der Waals surface area contributed by atoms with E-state index in [1.807, 2.05) is 20.9 Å². The zero-order valence-corrected chi connectivity index (χ0v) is 12.0. The Morgan fingerprint density at radius 1 is 1.35 bits per heavy atom. The van der Waals surface area contributed by atoms with E-state index in [1.54, 1.807) is 4.68 Å². The second kappa shape index (κ2) is 4.73. The van der Waals surface area contributed by atoms with Crippen LogP contribution in [0.5, 0.6) is 0 Å². The van der Waals surface area contributed by atoms with Gasteiger partial charge in [-0.1, -0.05) is 0 Å². The quantitative estimate of drug-likeness (QED) is 0.884. The molecular weight excluding hydrogens is 256 g/mol. The fourth-order valence-electron chi connectivity index (χ4n) is 2.69. The number of amides is 1. The number of nitrogens with zero attached hydrogens (tertiary/aromatic N) is 5. The van der Waals surface area contributed by atoms with E-state index in [-0.39, 0.29) is 5.91 Å². The van der Waals surface area contributed by atoms with E-state index in [0.717, 1.165) is 42.4 Å². The third-order valence-electron chi connectivity index (χ3n) is 3.83. The summed E-state index contributed by atoms with van der Waals surface area (Å²) in [5, 5.41) is 15.4. The predicted molar refractivity (Wildman–Crippen MR) is 72.2 cm³/mol. The first-order valence-corrected chi connectivity index (χ1v) is 6.77. The first-order valence-electron chi connectivity index (χ1n) is 6.77. The molecule has 3 rings (SSSR count). The first-order chi connectivity index (χ1) is 9.58. The van der Waals surface area contributed by atoms with E-state index in [1.165, 1.54) is 0 Å². The lowest BCUT2D eigenvalue weighted by atomic mass is 10.2. The van der Waals surface area contributed by atoms with Crippen molar-refractivity contribution < 1.29 is 4.79 Å². The molecule has 20 heavy (non-hydrogen) atoms. The van der Waals surface area contributed by atoms with E-state index in [0.29, 0.717) is 12.1 Å². The molecule has 7 heteroatoms. The zero-order valence-electron chi connectivity index (χ0n) is 12.0. The second-order valence-electron chi connectivity index (χ2n) is 5.14. The van der Waals surface area contributed by atoms with Crippen molar-refractivity contribution >= 4 is 5.91 Å². The van der Waals surface area contributed by atoms with Crippen LogP contribution < -0.4 is 5.32 Å². The predicted octanol–water partition coefficient (Wildman–Crippen LogP) is 0.505. The van der Waals surface area contributed by atoms with E-state index in [2.05, 4.69) is 25.2 Å². The third-order valence-corrected chi connectivity index (χ3v) is 3.83. The van der Waals surface area contributed by atoms with Gasteiger partial charge in [0.2, 0.25) is 0 Å². The molecule has 0 aromatic carbocycles. The molecule has 0 atom stereocenters. The van der Waals surface area contributed by atoms with Crippen LogP contribution in [0.4, 0.5) is 0 Å². The summed E-state index contributed by atoms with van der Waals surface area (Å²) in [4.78, 5) is 12.3. The van der Waals surface area contributed by atoms with Crippen LogP contribution in [-0.2, 0) is 26.6 Å². The standard InChI is InChI=1S/C13H18N6O/c1-8-12(9(2)18(3)17-8)13(20)14-7-11-16-15-10-5-4-6-19(10)11/h4-7H2,1-3H3,(H,14,20). The maximum Gasteiger partial charge on any atom is 0.255 e. The van der Waals surface area contributed by atoms with Gasteiger partial charge in [0.25, 0.3) is 5.91 Å². The van der Waals surface area contributed by atoms with Crippen molar-refractivity contribution in [1.29, 1.82) is 0 Å². The van der Waals surface area contributed by atoms with Crippen molar-refractivity contribution in [3.05, 3.63) is 28.6 Å². The average Bonchev–Trinajstić information content (AvgIpc) is 3.04. The number of carbonyl (C=O) groups is 1. The Kier molecular flexibility index (Phi) is 3.04. The SMILES string of the molecule is Cc1nn(C)c(C)c1C(=O)NCc1nnc2n1CCC2. The molecule has 3 heterocycles. The van der Waals surface area contributed by atoms with Gasteiger partial charge in [-0.2, -0.15) is 5.10 Å². The van der Waals surface area contributed by atoms with Crippen LogP contribution >= 0.6 is 0 Å². The number of carbonyl (C=O) groups excluding carboxylic acids is 1. The Morgan fingerprint density at radius 2 is 2.15 bits per heavy atom. The smallest absolute Gasteiger partial charge is 0.255 e. The number of aryl methyl sites for hydroxylation is 3. The Balaban J connectivity index is 1.73. The van der Waals surface area contributed by atoms with E-state index < -0.39 is 0 Å². The molecule has 0 bridgehead atoms. The third kappa shape index (κ3) is 1.99. The number of rotatable bonds is 3. The zero-order chi connectivity index (χ0) is 14.3. The van der Waals surface area contributed by atoms with Crippen LogP contribution in [0, 0.1) is 13.8 Å². The molecule has 0 saturated heterocycles. The van der Waals surface area contributed by atoms with Gasteiger partial charge in [-0.05, 0) is 20.3 Å². The van der Waals surface area contributed by atoms with Gasteiger partial charge < -0.3 is 9.88 Å². The van der Waals surface area contributed by atoms with Gasteiger partial charge in [-0.3, -0.25) is 9.48 Å². The summed E-state index contributed by atoms with van der Waals surface area (Å²) in [6.07, 6.45) is 2.08. The summed E-state index contributed by atoms with van der Waals surface area (Å²) in [5.74, 6) is 1.73. The van der Waals surface area contributed by atoms with Crippen LogP contribution in [0.2, 0.25) is 0 Å². The molecule has 0 spiro atoms. The molecule has 0 saturated carbocycles. The molecule has 0 fully saturated rings. The van der Waals surface area contributed by atoms with Gasteiger partial charge in [0.15, 0.2) is 5.82 Å². The minimum Gasteiger partial charge on any atom is -0.345 e. The van der Waals surface area contributed by atoms with E-state index >= 15 is 0 Å². The molecule has 1 amide bonds. The number of nitrogens with one attached hydrogen (secondary N) is 1. The Labute approximate surface area is 117 Å². The van der Waals surface area contributed by atoms with Gasteiger partial charge in [0.1, 0.15) is 5.82 Å². The highest BCUT2D eigenvalue weighted by Gasteiger charge is 2.20. The van der Waals surface area contributed by atoms with E-state index in [9.17, 15) is 4.79 Å². The van der Waals surface area contributed by atoms with Gasteiger partial charge in [0, 0.05) is 25.7 Å². The number of fused-ring (bicyclic) bond motifs is 1. The molecule has 2 aromatic heterocycles. The summed E-state index contributed by atoms with van der Waals surface area (Å²) in [5.41, 5.74) is 2.26. The Hall–Kier alpha value is -2.18. The van der Waals surface area contributed by atoms with Gasteiger partial charge in [-0.25, -0.2) is 0 Å². The lowest BCUT2D eigenvalue weighted by molar-refractivity contribution is 0.0948. The fraction of sp³-hybridized carbons (Fsp3) is 0.538. The Morgan fingerprint density at radius 3 is 2.85 bits per heavy atom. The van der Waals surface area contributed by atoms with Gasteiger partial charge in [0.05, 0.1) is 17.8 Å². The monoisotopic (exact) mass is 274 g/mol. The molecule has 7 nitrogen and oxygen atoms in total. The summed E-state index contributed by atoms with van der Waals surface area (Å²) in [7, 11) is 1.84. The van der Waals surface area contributed by atoms with Gasteiger partial charge >= 0.3 is 0 Å².